The van der Waals surface area contributed by atoms with E-state index in [4.69, 9.17) is 14.2 Å². The predicted octanol–water partition coefficient (Wildman–Crippen LogP) is 3.76. The molecule has 116 valence electrons. The van der Waals surface area contributed by atoms with Crippen molar-refractivity contribution >= 4 is 14.1 Å². The zero-order valence-corrected chi connectivity index (χ0v) is 14.6. The van der Waals surface area contributed by atoms with E-state index in [0.717, 1.165) is 11.3 Å². The molecule has 5 heteroatoms. The highest BCUT2D eigenvalue weighted by atomic mass is 28.4. The standard InChI is InChI=1S/C16H24O4Si/c1-16(2,3)21(5,6)20-19-14-10-11-9-12(18-4)7-8-13(11)15(14)17/h7-9,14H,10H2,1-6H3. The molecular formula is C16H24O4Si. The van der Waals surface area contributed by atoms with Gasteiger partial charge in [-0.2, -0.15) is 0 Å². The lowest BCUT2D eigenvalue weighted by Gasteiger charge is -2.34. The Balaban J connectivity index is 2.07. The molecule has 1 aliphatic carbocycles. The monoisotopic (exact) mass is 308 g/mol. The van der Waals surface area contributed by atoms with Gasteiger partial charge in [0.05, 0.1) is 7.11 Å². The third kappa shape index (κ3) is 3.20. The maximum Gasteiger partial charge on any atom is 0.238 e. The summed E-state index contributed by atoms with van der Waals surface area (Å²) in [7, 11) is -0.404. The molecule has 21 heavy (non-hydrogen) atoms. The lowest BCUT2D eigenvalue weighted by atomic mass is 10.1. The first-order chi connectivity index (χ1) is 9.65. The van der Waals surface area contributed by atoms with Crippen LogP contribution in [0.15, 0.2) is 18.2 Å². The molecule has 0 spiro atoms. The van der Waals surface area contributed by atoms with Gasteiger partial charge in [0.25, 0.3) is 0 Å². The van der Waals surface area contributed by atoms with Gasteiger partial charge in [0.1, 0.15) is 5.75 Å². The maximum absolute atomic E-state index is 12.3. The molecule has 0 radical (unpaired) electrons. The molecule has 0 heterocycles. The van der Waals surface area contributed by atoms with Crippen LogP contribution in [-0.2, 0) is 15.9 Å². The maximum atomic E-state index is 12.3. The molecule has 1 atom stereocenters. The lowest BCUT2D eigenvalue weighted by molar-refractivity contribution is -0.241. The summed E-state index contributed by atoms with van der Waals surface area (Å²) < 4.78 is 10.9. The van der Waals surface area contributed by atoms with E-state index in [2.05, 4.69) is 33.9 Å². The molecule has 0 fully saturated rings. The van der Waals surface area contributed by atoms with Crippen molar-refractivity contribution in [3.8, 4) is 5.75 Å². The van der Waals surface area contributed by atoms with E-state index in [0.29, 0.717) is 12.0 Å². The Labute approximate surface area is 127 Å². The molecule has 0 saturated carbocycles. The molecule has 0 bridgehead atoms. The highest BCUT2D eigenvalue weighted by molar-refractivity contribution is 6.73. The molecule has 0 amide bonds. The predicted molar refractivity (Wildman–Crippen MR) is 84.2 cm³/mol. The van der Waals surface area contributed by atoms with Gasteiger partial charge in [-0.1, -0.05) is 20.8 Å². The highest BCUT2D eigenvalue weighted by Gasteiger charge is 2.41. The van der Waals surface area contributed by atoms with Crippen molar-refractivity contribution in [2.45, 2.75) is 51.4 Å². The van der Waals surface area contributed by atoms with Gasteiger partial charge in [-0.15, -0.1) is 0 Å². The molecule has 0 aliphatic heterocycles. The first kappa shape index (κ1) is 16.2. The van der Waals surface area contributed by atoms with Crippen LogP contribution in [0.4, 0.5) is 0 Å². The van der Waals surface area contributed by atoms with Gasteiger partial charge in [-0.25, -0.2) is 4.89 Å². The summed E-state index contributed by atoms with van der Waals surface area (Å²) in [6.45, 7) is 10.6. The van der Waals surface area contributed by atoms with E-state index in [-0.39, 0.29) is 10.8 Å². The van der Waals surface area contributed by atoms with Crippen molar-refractivity contribution in [2.24, 2.45) is 0 Å². The Hall–Kier alpha value is -1.17. The molecular weight excluding hydrogens is 284 g/mol. The number of benzene rings is 1. The Morgan fingerprint density at radius 1 is 1.24 bits per heavy atom. The van der Waals surface area contributed by atoms with Crippen molar-refractivity contribution in [3.05, 3.63) is 29.3 Å². The molecule has 1 unspecified atom stereocenters. The lowest BCUT2D eigenvalue weighted by Crippen LogP contribution is -2.42. The van der Waals surface area contributed by atoms with Gasteiger partial charge in [0.2, 0.25) is 8.32 Å². The fourth-order valence-electron chi connectivity index (χ4n) is 1.95. The normalized spacial score (nSPS) is 18.8. The van der Waals surface area contributed by atoms with Gasteiger partial charge in [0.15, 0.2) is 11.9 Å². The van der Waals surface area contributed by atoms with Gasteiger partial charge in [-0.05, 0) is 41.9 Å². The number of ketones is 1. The van der Waals surface area contributed by atoms with Crippen molar-refractivity contribution in [3.63, 3.8) is 0 Å². The number of carbonyl (C=O) groups is 1. The number of rotatable bonds is 4. The minimum Gasteiger partial charge on any atom is -0.497 e. The van der Waals surface area contributed by atoms with Crippen LogP contribution >= 0.6 is 0 Å². The Bertz CT molecular complexity index is 546. The van der Waals surface area contributed by atoms with E-state index in [9.17, 15) is 4.79 Å². The first-order valence-corrected chi connectivity index (χ1v) is 10.1. The van der Waals surface area contributed by atoms with E-state index in [1.807, 2.05) is 6.07 Å². The second-order valence-electron chi connectivity index (χ2n) is 7.02. The van der Waals surface area contributed by atoms with Crippen molar-refractivity contribution in [2.75, 3.05) is 7.11 Å². The van der Waals surface area contributed by atoms with Crippen LogP contribution < -0.4 is 4.74 Å². The largest absolute Gasteiger partial charge is 0.497 e. The number of Topliss-reactive ketones (excluding diaryl/α,β-unsaturated/α-hetero) is 1. The summed E-state index contributed by atoms with van der Waals surface area (Å²) in [5.41, 5.74) is 1.67. The zero-order chi connectivity index (χ0) is 15.8. The Morgan fingerprint density at radius 2 is 1.90 bits per heavy atom. The highest BCUT2D eigenvalue weighted by Crippen LogP contribution is 2.37. The topological polar surface area (TPSA) is 44.8 Å². The number of hydrogen-bond acceptors (Lipinski definition) is 4. The fraction of sp³-hybridized carbons (Fsp3) is 0.562. The van der Waals surface area contributed by atoms with E-state index in [1.165, 1.54) is 0 Å². The quantitative estimate of drug-likeness (QED) is 0.483. The second kappa shape index (κ2) is 5.55. The van der Waals surface area contributed by atoms with Gasteiger partial charge < -0.3 is 4.74 Å². The number of hydrogen-bond donors (Lipinski definition) is 0. The van der Waals surface area contributed by atoms with Crippen molar-refractivity contribution in [1.29, 1.82) is 0 Å². The van der Waals surface area contributed by atoms with Crippen LogP contribution in [-0.4, -0.2) is 27.3 Å². The number of fused-ring (bicyclic) bond motifs is 1. The second-order valence-corrected chi connectivity index (χ2v) is 11.7. The summed E-state index contributed by atoms with van der Waals surface area (Å²) >= 11 is 0. The summed E-state index contributed by atoms with van der Waals surface area (Å²) in [5.74, 6) is 0.749. The summed E-state index contributed by atoms with van der Waals surface area (Å²) in [4.78, 5) is 17.9. The molecule has 0 N–H and O–H groups in total. The number of ether oxygens (including phenoxy) is 1. The molecule has 0 saturated heterocycles. The van der Waals surface area contributed by atoms with Crippen LogP contribution in [0.3, 0.4) is 0 Å². The Morgan fingerprint density at radius 3 is 2.48 bits per heavy atom. The van der Waals surface area contributed by atoms with Crippen LogP contribution in [0.1, 0.15) is 36.7 Å². The van der Waals surface area contributed by atoms with Crippen LogP contribution in [0.2, 0.25) is 18.1 Å². The average molecular weight is 308 g/mol. The molecule has 1 aromatic carbocycles. The summed E-state index contributed by atoms with van der Waals surface area (Å²) in [5, 5.41) is 0.0464. The number of methoxy groups -OCH3 is 1. The number of carbonyl (C=O) groups excluding carboxylic acids is 1. The molecule has 1 aliphatic rings. The minimum absolute atomic E-state index is 0.00800. The van der Waals surface area contributed by atoms with Crippen LogP contribution in [0.5, 0.6) is 5.75 Å². The zero-order valence-electron chi connectivity index (χ0n) is 13.6. The molecule has 4 nitrogen and oxygen atoms in total. The average Bonchev–Trinajstić information content (AvgIpc) is 2.71. The van der Waals surface area contributed by atoms with E-state index in [1.54, 1.807) is 19.2 Å². The smallest absolute Gasteiger partial charge is 0.238 e. The molecule has 2 rings (SSSR count). The molecule has 0 aromatic heterocycles. The first-order valence-electron chi connectivity index (χ1n) is 7.21. The van der Waals surface area contributed by atoms with Gasteiger partial charge >= 0.3 is 0 Å². The minimum atomic E-state index is -2.02. The molecule has 1 aromatic rings. The SMILES string of the molecule is COc1ccc2c(c1)CC(OO[Si](C)(C)C(C)(C)C)C2=O. The van der Waals surface area contributed by atoms with E-state index >= 15 is 0 Å². The van der Waals surface area contributed by atoms with Gasteiger partial charge in [-0.3, -0.25) is 9.37 Å². The Kier molecular flexibility index (Phi) is 4.28. The van der Waals surface area contributed by atoms with Crippen molar-refractivity contribution < 1.29 is 19.0 Å². The van der Waals surface area contributed by atoms with Crippen LogP contribution in [0.25, 0.3) is 0 Å². The summed E-state index contributed by atoms with van der Waals surface area (Å²) in [6.07, 6.45) is 0.00113. The third-order valence-corrected chi connectivity index (χ3v) is 8.58. The fourth-order valence-corrected chi connectivity index (χ4v) is 2.56. The van der Waals surface area contributed by atoms with Crippen LogP contribution in [0, 0.1) is 0 Å². The van der Waals surface area contributed by atoms with Crippen molar-refractivity contribution in [1.82, 2.24) is 0 Å². The van der Waals surface area contributed by atoms with Gasteiger partial charge in [0, 0.05) is 12.0 Å². The third-order valence-electron chi connectivity index (χ3n) is 4.45. The van der Waals surface area contributed by atoms with E-state index < -0.39 is 14.4 Å². The summed E-state index contributed by atoms with van der Waals surface area (Å²) in [6, 6.07) is 5.49.